The van der Waals surface area contributed by atoms with Crippen LogP contribution in [0.1, 0.15) is 29.4 Å². The van der Waals surface area contributed by atoms with Gasteiger partial charge in [-0.1, -0.05) is 13.0 Å². The van der Waals surface area contributed by atoms with Crippen molar-refractivity contribution in [2.45, 2.75) is 25.9 Å². The SMILES string of the molecule is CCC(CO)N(Cc1ccccn1)C(=O)c1cccnc1NC. The lowest BCUT2D eigenvalue weighted by atomic mass is 10.1. The molecule has 6 heteroatoms. The Kier molecular flexibility index (Phi) is 6.05. The first-order valence-corrected chi connectivity index (χ1v) is 7.65. The lowest BCUT2D eigenvalue weighted by Gasteiger charge is -2.30. The highest BCUT2D eigenvalue weighted by Crippen LogP contribution is 2.18. The highest BCUT2D eigenvalue weighted by Gasteiger charge is 2.25. The van der Waals surface area contributed by atoms with E-state index in [0.29, 0.717) is 24.3 Å². The van der Waals surface area contributed by atoms with E-state index < -0.39 is 0 Å². The number of hydrogen-bond acceptors (Lipinski definition) is 5. The molecule has 0 radical (unpaired) electrons. The van der Waals surface area contributed by atoms with Gasteiger partial charge < -0.3 is 15.3 Å². The molecule has 0 aliphatic heterocycles. The van der Waals surface area contributed by atoms with Crippen molar-refractivity contribution in [1.29, 1.82) is 0 Å². The Hall–Kier alpha value is -2.47. The summed E-state index contributed by atoms with van der Waals surface area (Å²) in [7, 11) is 1.73. The Labute approximate surface area is 136 Å². The maximum Gasteiger partial charge on any atom is 0.258 e. The minimum Gasteiger partial charge on any atom is -0.394 e. The standard InChI is InChI=1S/C17H22N4O2/c1-3-14(12-22)21(11-13-7-4-5-9-19-13)17(23)15-8-6-10-20-16(15)18-2/h4-10,14,22H,3,11-12H2,1-2H3,(H,18,20). The van der Waals surface area contributed by atoms with Gasteiger partial charge >= 0.3 is 0 Å². The number of rotatable bonds is 7. The van der Waals surface area contributed by atoms with Crippen molar-refractivity contribution in [1.82, 2.24) is 14.9 Å². The largest absolute Gasteiger partial charge is 0.394 e. The molecule has 1 atom stereocenters. The topological polar surface area (TPSA) is 78.3 Å². The monoisotopic (exact) mass is 314 g/mol. The number of aromatic nitrogens is 2. The number of carbonyl (C=O) groups is 1. The zero-order valence-electron chi connectivity index (χ0n) is 13.4. The number of amides is 1. The van der Waals surface area contributed by atoms with Crippen molar-refractivity contribution in [2.24, 2.45) is 0 Å². The second-order valence-electron chi connectivity index (χ2n) is 5.15. The van der Waals surface area contributed by atoms with Gasteiger partial charge in [-0.3, -0.25) is 9.78 Å². The average molecular weight is 314 g/mol. The third-order valence-electron chi connectivity index (χ3n) is 3.72. The van der Waals surface area contributed by atoms with Crippen LogP contribution in [0.25, 0.3) is 0 Å². The fourth-order valence-corrected chi connectivity index (χ4v) is 2.41. The van der Waals surface area contributed by atoms with E-state index in [2.05, 4.69) is 15.3 Å². The van der Waals surface area contributed by atoms with E-state index in [9.17, 15) is 9.90 Å². The number of aliphatic hydroxyl groups excluding tert-OH is 1. The molecule has 0 bridgehead atoms. The second-order valence-corrected chi connectivity index (χ2v) is 5.15. The normalized spacial score (nSPS) is 11.8. The van der Waals surface area contributed by atoms with Gasteiger partial charge in [0.25, 0.3) is 5.91 Å². The van der Waals surface area contributed by atoms with E-state index in [1.807, 2.05) is 25.1 Å². The van der Waals surface area contributed by atoms with Gasteiger partial charge in [-0.15, -0.1) is 0 Å². The maximum atomic E-state index is 13.0. The smallest absolute Gasteiger partial charge is 0.258 e. The summed E-state index contributed by atoms with van der Waals surface area (Å²) < 4.78 is 0. The van der Waals surface area contributed by atoms with Crippen LogP contribution in [-0.4, -0.2) is 45.6 Å². The third-order valence-corrected chi connectivity index (χ3v) is 3.72. The number of carbonyl (C=O) groups excluding carboxylic acids is 1. The first-order valence-electron chi connectivity index (χ1n) is 7.65. The number of pyridine rings is 2. The Bertz CT molecular complexity index is 630. The summed E-state index contributed by atoms with van der Waals surface area (Å²) in [5.74, 6) is 0.352. The van der Waals surface area contributed by atoms with Crippen LogP contribution >= 0.6 is 0 Å². The molecule has 0 saturated heterocycles. The lowest BCUT2D eigenvalue weighted by Crippen LogP contribution is -2.42. The molecule has 2 heterocycles. The minimum atomic E-state index is -0.269. The number of hydrogen-bond donors (Lipinski definition) is 2. The molecule has 0 fully saturated rings. The summed E-state index contributed by atoms with van der Waals surface area (Å²) in [5, 5.41) is 12.6. The van der Waals surface area contributed by atoms with Crippen molar-refractivity contribution >= 4 is 11.7 Å². The van der Waals surface area contributed by atoms with Crippen LogP contribution in [0.15, 0.2) is 42.7 Å². The zero-order valence-corrected chi connectivity index (χ0v) is 13.4. The Balaban J connectivity index is 2.34. The summed E-state index contributed by atoms with van der Waals surface area (Å²) in [4.78, 5) is 23.1. The van der Waals surface area contributed by atoms with E-state index in [0.717, 1.165) is 5.69 Å². The van der Waals surface area contributed by atoms with E-state index in [1.165, 1.54) is 0 Å². The number of anilines is 1. The Morgan fingerprint density at radius 2 is 2.04 bits per heavy atom. The third kappa shape index (κ3) is 4.04. The quantitative estimate of drug-likeness (QED) is 0.816. The fourth-order valence-electron chi connectivity index (χ4n) is 2.41. The summed E-state index contributed by atoms with van der Waals surface area (Å²) in [6.45, 7) is 2.20. The van der Waals surface area contributed by atoms with Crippen LogP contribution in [0, 0.1) is 0 Å². The van der Waals surface area contributed by atoms with Crippen LogP contribution in [0.5, 0.6) is 0 Å². The molecule has 23 heavy (non-hydrogen) atoms. The first-order chi connectivity index (χ1) is 11.2. The van der Waals surface area contributed by atoms with Gasteiger partial charge in [-0.2, -0.15) is 0 Å². The van der Waals surface area contributed by atoms with Crippen molar-refractivity contribution in [3.63, 3.8) is 0 Å². The zero-order chi connectivity index (χ0) is 16.7. The van der Waals surface area contributed by atoms with Gasteiger partial charge in [0.1, 0.15) is 5.82 Å². The van der Waals surface area contributed by atoms with Gasteiger partial charge in [0, 0.05) is 19.4 Å². The van der Waals surface area contributed by atoms with Crippen molar-refractivity contribution in [2.75, 3.05) is 19.0 Å². The van der Waals surface area contributed by atoms with Crippen molar-refractivity contribution in [3.8, 4) is 0 Å². The summed E-state index contributed by atoms with van der Waals surface area (Å²) in [6, 6.07) is 8.78. The molecular formula is C17H22N4O2. The number of nitrogens with zero attached hydrogens (tertiary/aromatic N) is 3. The highest BCUT2D eigenvalue weighted by molar-refractivity contribution is 5.98. The molecule has 0 aliphatic rings. The molecule has 0 spiro atoms. The average Bonchev–Trinajstić information content (AvgIpc) is 2.62. The van der Waals surface area contributed by atoms with Crippen molar-refractivity contribution < 1.29 is 9.90 Å². The van der Waals surface area contributed by atoms with E-state index in [4.69, 9.17) is 0 Å². The maximum absolute atomic E-state index is 13.0. The van der Waals surface area contributed by atoms with Crippen molar-refractivity contribution in [3.05, 3.63) is 54.0 Å². The van der Waals surface area contributed by atoms with Gasteiger partial charge in [0.15, 0.2) is 0 Å². The molecule has 0 aromatic carbocycles. The van der Waals surface area contributed by atoms with E-state index >= 15 is 0 Å². The molecule has 0 saturated carbocycles. The van der Waals surface area contributed by atoms with Crippen LogP contribution in [-0.2, 0) is 6.54 Å². The fraction of sp³-hybridized carbons (Fsp3) is 0.353. The predicted molar refractivity (Wildman–Crippen MR) is 89.1 cm³/mol. The minimum absolute atomic E-state index is 0.0930. The second kappa shape index (κ2) is 8.24. The van der Waals surface area contributed by atoms with E-state index in [1.54, 1.807) is 36.5 Å². The molecular weight excluding hydrogens is 292 g/mol. The van der Waals surface area contributed by atoms with E-state index in [-0.39, 0.29) is 18.6 Å². The van der Waals surface area contributed by atoms with Crippen LogP contribution < -0.4 is 5.32 Å². The Morgan fingerprint density at radius 1 is 1.26 bits per heavy atom. The molecule has 1 amide bonds. The number of nitrogens with one attached hydrogen (secondary N) is 1. The summed E-state index contributed by atoms with van der Waals surface area (Å²) in [5.41, 5.74) is 1.26. The number of aliphatic hydroxyl groups is 1. The molecule has 2 aromatic heterocycles. The van der Waals surface area contributed by atoms with Crippen LogP contribution in [0.3, 0.4) is 0 Å². The summed E-state index contributed by atoms with van der Waals surface area (Å²) >= 11 is 0. The van der Waals surface area contributed by atoms with Gasteiger partial charge in [0.05, 0.1) is 30.5 Å². The molecule has 0 aliphatic carbocycles. The van der Waals surface area contributed by atoms with Crippen LogP contribution in [0.4, 0.5) is 5.82 Å². The first kappa shape index (κ1) is 16.9. The van der Waals surface area contributed by atoms with Gasteiger partial charge in [0.2, 0.25) is 0 Å². The lowest BCUT2D eigenvalue weighted by molar-refractivity contribution is 0.0561. The highest BCUT2D eigenvalue weighted by atomic mass is 16.3. The van der Waals surface area contributed by atoms with Gasteiger partial charge in [-0.05, 0) is 30.7 Å². The molecule has 2 aromatic rings. The molecule has 6 nitrogen and oxygen atoms in total. The summed E-state index contributed by atoms with van der Waals surface area (Å²) in [6.07, 6.45) is 3.99. The molecule has 1 unspecified atom stereocenters. The predicted octanol–water partition coefficient (Wildman–Crippen LogP) is 1.93. The molecule has 2 N–H and O–H groups in total. The van der Waals surface area contributed by atoms with Gasteiger partial charge in [-0.25, -0.2) is 4.98 Å². The Morgan fingerprint density at radius 3 is 2.65 bits per heavy atom. The van der Waals surface area contributed by atoms with Crippen LogP contribution in [0.2, 0.25) is 0 Å². The molecule has 2 rings (SSSR count). The molecule has 122 valence electrons.